The molecule has 1 atom stereocenters. The average molecular weight is 191 g/mol. The van der Waals surface area contributed by atoms with Crippen molar-refractivity contribution in [2.24, 2.45) is 0 Å². The lowest BCUT2D eigenvalue weighted by atomic mass is 10.9. The van der Waals surface area contributed by atoms with Crippen molar-refractivity contribution in [1.29, 1.82) is 0 Å². The summed E-state index contributed by atoms with van der Waals surface area (Å²) in [7, 11) is 0. The molecule has 0 spiro atoms. The first kappa shape index (κ1) is 7.60. The number of hydrogen-bond acceptors (Lipinski definition) is 2. The predicted octanol–water partition coefficient (Wildman–Crippen LogP) is 2.50. The summed E-state index contributed by atoms with van der Waals surface area (Å²) in [6.45, 7) is 1.69. The van der Waals surface area contributed by atoms with E-state index in [1.807, 2.05) is 0 Å². The molecular weight excluding hydrogens is 186 g/mol. The minimum absolute atomic E-state index is 0.124. The maximum atomic E-state index is 11.6. The van der Waals surface area contributed by atoms with Crippen LogP contribution in [0.2, 0.25) is 0 Å². The Bertz CT molecular complexity index is 89.7. The Morgan fingerprint density at radius 1 is 2.00 bits per heavy atom. The highest BCUT2D eigenvalue weighted by Crippen LogP contribution is 2.56. The fourth-order valence-corrected chi connectivity index (χ4v) is 1.07. The third kappa shape index (κ3) is 6.60. The first-order valence-corrected chi connectivity index (χ1v) is 5.23. The first-order chi connectivity index (χ1) is 3.06. The van der Waals surface area contributed by atoms with Crippen LogP contribution >= 0.6 is 21.9 Å². The Labute approximate surface area is 49.4 Å². The zero-order valence-corrected chi connectivity index (χ0v) is 6.21. The number of hydrogen-bond donors (Lipinski definition) is 0. The Morgan fingerprint density at radius 3 is 2.43 bits per heavy atom. The van der Waals surface area contributed by atoms with Crippen molar-refractivity contribution in [3.05, 3.63) is 0 Å². The van der Waals surface area contributed by atoms with Crippen LogP contribution in [0, 0.1) is 0 Å². The van der Waals surface area contributed by atoms with Gasteiger partial charge in [0.2, 0.25) is 0 Å². The maximum Gasteiger partial charge on any atom is 0.432 e. The second-order valence-electron chi connectivity index (χ2n) is 0.832. The van der Waals surface area contributed by atoms with Gasteiger partial charge in [0.15, 0.2) is 0 Å². The summed E-state index contributed by atoms with van der Waals surface area (Å²) >= 11 is 2.21. The van der Waals surface area contributed by atoms with Crippen molar-refractivity contribution in [3.8, 4) is 0 Å². The van der Waals surface area contributed by atoms with Crippen LogP contribution < -0.4 is 0 Å². The molecule has 0 aliphatic rings. The molecule has 0 aromatic rings. The van der Waals surface area contributed by atoms with Gasteiger partial charge in [0, 0.05) is 0 Å². The molecule has 0 aromatic heterocycles. The third-order valence-electron chi connectivity index (χ3n) is 0.279. The van der Waals surface area contributed by atoms with Gasteiger partial charge in [-0.25, -0.2) is 4.57 Å². The molecule has 1 unspecified atom stereocenters. The van der Waals surface area contributed by atoms with E-state index in [0.29, 0.717) is 0 Å². The van der Waals surface area contributed by atoms with E-state index in [2.05, 4.69) is 20.0 Å². The van der Waals surface area contributed by atoms with Crippen LogP contribution in [0.3, 0.4) is 0 Å². The van der Waals surface area contributed by atoms with E-state index in [4.69, 9.17) is 0 Å². The van der Waals surface area contributed by atoms with Crippen molar-refractivity contribution in [3.63, 3.8) is 0 Å². The van der Waals surface area contributed by atoms with Gasteiger partial charge in [-0.05, 0) is 6.92 Å². The SMILES string of the molecule is CCOP(=O)(F)Br. The summed E-state index contributed by atoms with van der Waals surface area (Å²) in [6.07, 6.45) is -3.85. The molecule has 2 nitrogen and oxygen atoms in total. The van der Waals surface area contributed by atoms with Crippen LogP contribution in [0.4, 0.5) is 4.20 Å². The van der Waals surface area contributed by atoms with E-state index in [-0.39, 0.29) is 6.61 Å². The van der Waals surface area contributed by atoms with Gasteiger partial charge in [0.1, 0.15) is 0 Å². The lowest BCUT2D eigenvalue weighted by Crippen LogP contribution is -1.74. The van der Waals surface area contributed by atoms with E-state index < -0.39 is 6.38 Å². The summed E-state index contributed by atoms with van der Waals surface area (Å²) in [5.41, 5.74) is 0. The van der Waals surface area contributed by atoms with Crippen molar-refractivity contribution in [1.82, 2.24) is 0 Å². The Balaban J connectivity index is 3.36. The quantitative estimate of drug-likeness (QED) is 0.626. The molecule has 0 aromatic carbocycles. The number of halogens is 2. The summed E-state index contributed by atoms with van der Waals surface area (Å²) in [5, 5.41) is 0. The summed E-state index contributed by atoms with van der Waals surface area (Å²) < 4.78 is 25.5. The molecule has 7 heavy (non-hydrogen) atoms. The fourth-order valence-electron chi connectivity index (χ4n) is 0.150. The fraction of sp³-hybridized carbons (Fsp3) is 1.00. The van der Waals surface area contributed by atoms with Crippen LogP contribution in [0.15, 0.2) is 0 Å². The van der Waals surface area contributed by atoms with Gasteiger partial charge >= 0.3 is 6.38 Å². The molecule has 0 heterocycles. The maximum absolute atomic E-state index is 11.6. The second kappa shape index (κ2) is 2.80. The van der Waals surface area contributed by atoms with Gasteiger partial charge in [-0.2, -0.15) is 0 Å². The normalized spacial score (nSPS) is 18.7. The standard InChI is InChI=1S/C2H5BrFO2P/c1-2-6-7(3,4)5/h2H2,1H3. The van der Waals surface area contributed by atoms with Gasteiger partial charge in [-0.1, -0.05) is 0 Å². The Hall–Kier alpha value is 0.600. The highest BCUT2D eigenvalue weighted by atomic mass is 79.9. The lowest BCUT2D eigenvalue weighted by molar-refractivity contribution is 0.321. The molecule has 0 saturated carbocycles. The lowest BCUT2D eigenvalue weighted by Gasteiger charge is -1.95. The third-order valence-corrected chi connectivity index (χ3v) is 1.45. The summed E-state index contributed by atoms with van der Waals surface area (Å²) in [6, 6.07) is 0. The molecule has 0 aliphatic heterocycles. The monoisotopic (exact) mass is 190 g/mol. The zero-order chi connectivity index (χ0) is 5.91. The zero-order valence-electron chi connectivity index (χ0n) is 3.73. The van der Waals surface area contributed by atoms with Crippen LogP contribution in [0.5, 0.6) is 0 Å². The molecule has 0 fully saturated rings. The Morgan fingerprint density at radius 2 is 2.43 bits per heavy atom. The van der Waals surface area contributed by atoms with Crippen LogP contribution in [-0.4, -0.2) is 6.61 Å². The molecule has 44 valence electrons. The molecule has 0 amide bonds. The first-order valence-electron chi connectivity index (χ1n) is 1.70. The van der Waals surface area contributed by atoms with Crippen LogP contribution in [0.1, 0.15) is 6.92 Å². The molecule has 5 heteroatoms. The molecule has 0 N–H and O–H groups in total. The molecule has 0 bridgehead atoms. The van der Waals surface area contributed by atoms with E-state index in [9.17, 15) is 8.76 Å². The van der Waals surface area contributed by atoms with Crippen molar-refractivity contribution in [2.75, 3.05) is 6.61 Å². The van der Waals surface area contributed by atoms with E-state index in [1.165, 1.54) is 0 Å². The minimum atomic E-state index is -3.85. The van der Waals surface area contributed by atoms with Gasteiger partial charge in [-0.3, -0.25) is 4.52 Å². The largest absolute Gasteiger partial charge is 0.432 e. The van der Waals surface area contributed by atoms with Crippen LogP contribution in [0.25, 0.3) is 0 Å². The number of rotatable bonds is 2. The van der Waals surface area contributed by atoms with Gasteiger partial charge in [-0.15, -0.1) is 4.20 Å². The molecule has 0 radical (unpaired) electrons. The molecule has 0 saturated heterocycles. The van der Waals surface area contributed by atoms with E-state index >= 15 is 0 Å². The average Bonchev–Trinajstić information content (AvgIpc) is 1.30. The summed E-state index contributed by atoms with van der Waals surface area (Å²) in [4.78, 5) is 0. The summed E-state index contributed by atoms with van der Waals surface area (Å²) in [5.74, 6) is 0. The molecule has 0 rings (SSSR count). The highest BCUT2D eigenvalue weighted by Gasteiger charge is 2.13. The molecular formula is C2H5BrFO2P. The van der Waals surface area contributed by atoms with Crippen molar-refractivity contribution in [2.45, 2.75) is 6.92 Å². The van der Waals surface area contributed by atoms with Gasteiger partial charge in [0.05, 0.1) is 22.1 Å². The second-order valence-corrected chi connectivity index (χ2v) is 4.46. The van der Waals surface area contributed by atoms with E-state index in [1.54, 1.807) is 6.92 Å². The molecule has 0 aliphatic carbocycles. The predicted molar refractivity (Wildman–Crippen MR) is 29.3 cm³/mol. The Kier molecular flexibility index (Phi) is 3.04. The van der Waals surface area contributed by atoms with Crippen molar-refractivity contribution < 1.29 is 13.3 Å². The topological polar surface area (TPSA) is 26.3 Å². The highest BCUT2D eigenvalue weighted by molar-refractivity contribution is 9.39. The van der Waals surface area contributed by atoms with Gasteiger partial charge < -0.3 is 0 Å². The van der Waals surface area contributed by atoms with Crippen molar-refractivity contribution >= 4 is 21.9 Å². The van der Waals surface area contributed by atoms with Crippen LogP contribution in [-0.2, 0) is 9.09 Å². The van der Waals surface area contributed by atoms with Gasteiger partial charge in [0.25, 0.3) is 0 Å². The smallest absolute Gasteiger partial charge is 0.298 e. The van der Waals surface area contributed by atoms with E-state index in [0.717, 1.165) is 0 Å². The minimum Gasteiger partial charge on any atom is -0.298 e.